The van der Waals surface area contributed by atoms with E-state index in [4.69, 9.17) is 4.42 Å². The van der Waals surface area contributed by atoms with Gasteiger partial charge in [-0.05, 0) is 43.9 Å². The lowest BCUT2D eigenvalue weighted by Gasteiger charge is -2.33. The van der Waals surface area contributed by atoms with E-state index in [-0.39, 0.29) is 11.9 Å². The van der Waals surface area contributed by atoms with Crippen LogP contribution in [0.15, 0.2) is 41.2 Å². The van der Waals surface area contributed by atoms with Crippen LogP contribution in [0.25, 0.3) is 0 Å². The average Bonchev–Trinajstić information content (AvgIpc) is 3.13. The first kappa shape index (κ1) is 17.7. The largest absolute Gasteiger partial charge is 0.472 e. The molecular formula is C20H26N2O3. The number of hydrogen-bond acceptors (Lipinski definition) is 4. The molecule has 0 unspecified atom stereocenters. The molecule has 1 amide bonds. The minimum atomic E-state index is -0.475. The second-order valence-corrected chi connectivity index (χ2v) is 6.94. The van der Waals surface area contributed by atoms with Crippen molar-refractivity contribution in [3.8, 4) is 0 Å². The van der Waals surface area contributed by atoms with Crippen LogP contribution in [-0.4, -0.2) is 41.6 Å². The highest BCUT2D eigenvalue weighted by Gasteiger charge is 2.23. The molecule has 2 N–H and O–H groups in total. The molecule has 1 aliphatic rings. The number of piperidine rings is 1. The zero-order chi connectivity index (χ0) is 17.8. The fraction of sp³-hybridized carbons (Fsp3) is 0.450. The molecule has 134 valence electrons. The maximum Gasteiger partial charge on any atom is 0.254 e. The van der Waals surface area contributed by atoms with Crippen molar-refractivity contribution in [3.05, 3.63) is 59.0 Å². The van der Waals surface area contributed by atoms with E-state index < -0.39 is 6.10 Å². The zero-order valence-electron chi connectivity index (χ0n) is 14.9. The Morgan fingerprint density at radius 3 is 2.76 bits per heavy atom. The number of nitrogens with zero attached hydrogens (tertiary/aromatic N) is 1. The maximum atomic E-state index is 12.1. The minimum absolute atomic E-state index is 0.0809. The molecule has 2 heterocycles. The summed E-state index contributed by atoms with van der Waals surface area (Å²) in [4.78, 5) is 14.3. The van der Waals surface area contributed by atoms with Crippen molar-refractivity contribution in [2.24, 2.45) is 0 Å². The molecule has 1 saturated heterocycles. The predicted molar refractivity (Wildman–Crippen MR) is 96.5 cm³/mol. The maximum absolute atomic E-state index is 12.1. The van der Waals surface area contributed by atoms with E-state index in [0.29, 0.717) is 12.1 Å². The molecule has 0 spiro atoms. The van der Waals surface area contributed by atoms with Crippen molar-refractivity contribution in [3.63, 3.8) is 0 Å². The Hall–Kier alpha value is -2.11. The molecular weight excluding hydrogens is 316 g/mol. The highest BCUT2D eigenvalue weighted by Crippen LogP contribution is 2.22. The molecule has 2 aromatic rings. The topological polar surface area (TPSA) is 65.7 Å². The monoisotopic (exact) mass is 342 g/mol. The lowest BCUT2D eigenvalue weighted by Crippen LogP contribution is -2.45. The number of aliphatic hydroxyl groups is 1. The number of carbonyl (C=O) groups excluding carboxylic acids is 1. The molecule has 1 fully saturated rings. The van der Waals surface area contributed by atoms with Gasteiger partial charge in [0.25, 0.3) is 5.91 Å². The fourth-order valence-corrected chi connectivity index (χ4v) is 3.38. The number of benzene rings is 1. The Balaban J connectivity index is 1.49. The van der Waals surface area contributed by atoms with Gasteiger partial charge in [-0.25, -0.2) is 0 Å². The van der Waals surface area contributed by atoms with E-state index in [0.717, 1.165) is 37.1 Å². The van der Waals surface area contributed by atoms with Crippen molar-refractivity contribution < 1.29 is 14.3 Å². The summed E-state index contributed by atoms with van der Waals surface area (Å²) in [5, 5.41) is 13.6. The second-order valence-electron chi connectivity index (χ2n) is 6.94. The van der Waals surface area contributed by atoms with Gasteiger partial charge in [-0.15, -0.1) is 0 Å². The third kappa shape index (κ3) is 4.50. The van der Waals surface area contributed by atoms with E-state index >= 15 is 0 Å². The Labute approximate surface area is 148 Å². The number of carbonyl (C=O) groups is 1. The summed E-state index contributed by atoms with van der Waals surface area (Å²) in [6, 6.07) is 8.05. The van der Waals surface area contributed by atoms with Crippen molar-refractivity contribution >= 4 is 5.91 Å². The van der Waals surface area contributed by atoms with Crippen LogP contribution in [0.5, 0.6) is 0 Å². The van der Waals surface area contributed by atoms with Crippen molar-refractivity contribution in [2.45, 2.75) is 38.8 Å². The van der Waals surface area contributed by atoms with Gasteiger partial charge in [0, 0.05) is 25.7 Å². The lowest BCUT2D eigenvalue weighted by molar-refractivity contribution is 0.0826. The summed E-state index contributed by atoms with van der Waals surface area (Å²) in [7, 11) is 0. The lowest BCUT2D eigenvalue weighted by atomic mass is 9.99. The first-order valence-corrected chi connectivity index (χ1v) is 8.83. The van der Waals surface area contributed by atoms with Crippen LogP contribution < -0.4 is 5.32 Å². The molecule has 0 radical (unpaired) electrons. The summed E-state index contributed by atoms with van der Waals surface area (Å²) >= 11 is 0. The predicted octanol–water partition coefficient (Wildman–Crippen LogP) is 2.82. The SMILES string of the molecule is Cc1ccc(C)c([C@H](O)CN2CCC(NC(=O)c3ccoc3)CC2)c1. The minimum Gasteiger partial charge on any atom is -0.472 e. The van der Waals surface area contributed by atoms with E-state index in [1.165, 1.54) is 18.1 Å². The molecule has 1 aromatic carbocycles. The van der Waals surface area contributed by atoms with Gasteiger partial charge in [-0.2, -0.15) is 0 Å². The van der Waals surface area contributed by atoms with Crippen LogP contribution in [0.1, 0.15) is 46.0 Å². The standard InChI is InChI=1S/C20H26N2O3/c1-14-3-4-15(2)18(11-14)19(23)12-22-8-5-17(6-9-22)21-20(24)16-7-10-25-13-16/h3-4,7,10-11,13,17,19,23H,5-6,8-9,12H2,1-2H3,(H,21,24)/t19-/m1/s1. The Bertz CT molecular complexity index is 704. The van der Waals surface area contributed by atoms with Crippen molar-refractivity contribution in [2.75, 3.05) is 19.6 Å². The molecule has 0 aliphatic carbocycles. The normalized spacial score (nSPS) is 17.4. The summed E-state index contributed by atoms with van der Waals surface area (Å²) in [6.07, 6.45) is 4.28. The van der Waals surface area contributed by atoms with Gasteiger partial charge in [0.05, 0.1) is 17.9 Å². The number of amides is 1. The Morgan fingerprint density at radius 2 is 2.08 bits per heavy atom. The van der Waals surface area contributed by atoms with Crippen molar-refractivity contribution in [1.82, 2.24) is 10.2 Å². The molecule has 0 bridgehead atoms. The number of likely N-dealkylation sites (tertiary alicyclic amines) is 1. The molecule has 3 rings (SSSR count). The summed E-state index contributed by atoms with van der Waals surface area (Å²) < 4.78 is 4.95. The molecule has 0 saturated carbocycles. The Morgan fingerprint density at radius 1 is 1.32 bits per heavy atom. The van der Waals surface area contributed by atoms with Gasteiger partial charge in [-0.1, -0.05) is 23.8 Å². The average molecular weight is 342 g/mol. The van der Waals surface area contributed by atoms with Gasteiger partial charge in [0.15, 0.2) is 0 Å². The first-order valence-electron chi connectivity index (χ1n) is 8.83. The molecule has 5 nitrogen and oxygen atoms in total. The number of furan rings is 1. The fourth-order valence-electron chi connectivity index (χ4n) is 3.38. The number of rotatable bonds is 5. The molecule has 1 atom stereocenters. The number of β-amino-alcohol motifs (C(OH)–C–C–N with tert-alkyl or cyclic N) is 1. The van der Waals surface area contributed by atoms with Crippen LogP contribution in [0.3, 0.4) is 0 Å². The molecule has 5 heteroatoms. The van der Waals surface area contributed by atoms with Gasteiger partial charge < -0.3 is 19.7 Å². The van der Waals surface area contributed by atoms with Crippen LogP contribution in [0.2, 0.25) is 0 Å². The quantitative estimate of drug-likeness (QED) is 0.877. The zero-order valence-corrected chi connectivity index (χ0v) is 14.9. The van der Waals surface area contributed by atoms with Gasteiger partial charge in [0.2, 0.25) is 0 Å². The second kappa shape index (κ2) is 7.85. The molecule has 1 aromatic heterocycles. The number of aryl methyl sites for hydroxylation is 2. The van der Waals surface area contributed by atoms with Gasteiger partial charge in [-0.3, -0.25) is 4.79 Å². The molecule has 25 heavy (non-hydrogen) atoms. The van der Waals surface area contributed by atoms with E-state index in [2.05, 4.69) is 28.4 Å². The van der Waals surface area contributed by atoms with Crippen LogP contribution in [0, 0.1) is 13.8 Å². The number of hydrogen-bond donors (Lipinski definition) is 2. The third-order valence-corrected chi connectivity index (χ3v) is 4.93. The third-order valence-electron chi connectivity index (χ3n) is 4.93. The van der Waals surface area contributed by atoms with E-state index in [9.17, 15) is 9.90 Å². The van der Waals surface area contributed by atoms with E-state index in [1.807, 2.05) is 13.8 Å². The van der Waals surface area contributed by atoms with Gasteiger partial charge >= 0.3 is 0 Å². The highest BCUT2D eigenvalue weighted by atomic mass is 16.3. The summed E-state index contributed by atoms with van der Waals surface area (Å²) in [5.41, 5.74) is 3.86. The molecule has 1 aliphatic heterocycles. The number of aliphatic hydroxyl groups excluding tert-OH is 1. The first-order chi connectivity index (χ1) is 12.0. The highest BCUT2D eigenvalue weighted by molar-refractivity contribution is 5.93. The smallest absolute Gasteiger partial charge is 0.254 e. The van der Waals surface area contributed by atoms with Crippen LogP contribution >= 0.6 is 0 Å². The van der Waals surface area contributed by atoms with Crippen LogP contribution in [-0.2, 0) is 0 Å². The Kier molecular flexibility index (Phi) is 5.56. The number of nitrogens with one attached hydrogen (secondary N) is 1. The van der Waals surface area contributed by atoms with E-state index in [1.54, 1.807) is 6.07 Å². The summed E-state index contributed by atoms with van der Waals surface area (Å²) in [5.74, 6) is -0.0809. The van der Waals surface area contributed by atoms with Gasteiger partial charge in [0.1, 0.15) is 6.26 Å². The summed E-state index contributed by atoms with van der Waals surface area (Å²) in [6.45, 7) is 6.46. The van der Waals surface area contributed by atoms with Crippen LogP contribution in [0.4, 0.5) is 0 Å². The van der Waals surface area contributed by atoms with Crippen molar-refractivity contribution in [1.29, 1.82) is 0 Å².